The summed E-state index contributed by atoms with van der Waals surface area (Å²) in [5.74, 6) is 0.714. The van der Waals surface area contributed by atoms with Crippen LogP contribution < -0.4 is 11.3 Å². The summed E-state index contributed by atoms with van der Waals surface area (Å²) in [4.78, 5) is 19.6. The standard InChI is InChI=1S/C11H13N3OS/c1-7(6-12)11-13-8(5-10(15)14-11)9-3-2-4-16-9/h2-5,7H,6,12H2,1H3,(H,13,14,15). The SMILES string of the molecule is CC(CN)c1nc(-c2cccs2)cc(=O)[nH]1. The van der Waals surface area contributed by atoms with Crippen LogP contribution in [-0.4, -0.2) is 16.5 Å². The molecule has 1 atom stereocenters. The third-order valence-electron chi connectivity index (χ3n) is 2.35. The molecule has 0 fully saturated rings. The topological polar surface area (TPSA) is 71.8 Å². The van der Waals surface area contributed by atoms with Gasteiger partial charge in [0, 0.05) is 18.5 Å². The van der Waals surface area contributed by atoms with Crippen LogP contribution in [0, 0.1) is 0 Å². The number of nitrogens with zero attached hydrogens (tertiary/aromatic N) is 1. The molecule has 0 radical (unpaired) electrons. The van der Waals surface area contributed by atoms with Crippen LogP contribution >= 0.6 is 11.3 Å². The number of H-pyrrole nitrogens is 1. The van der Waals surface area contributed by atoms with Crippen molar-refractivity contribution >= 4 is 11.3 Å². The molecule has 16 heavy (non-hydrogen) atoms. The fraction of sp³-hybridized carbons (Fsp3) is 0.273. The Morgan fingerprint density at radius 2 is 2.44 bits per heavy atom. The summed E-state index contributed by atoms with van der Waals surface area (Å²) in [5.41, 5.74) is 6.15. The Kier molecular flexibility index (Phi) is 3.17. The number of nitrogens with two attached hydrogens (primary N) is 1. The van der Waals surface area contributed by atoms with Gasteiger partial charge in [0.25, 0.3) is 5.56 Å². The first-order valence-electron chi connectivity index (χ1n) is 5.06. The van der Waals surface area contributed by atoms with Crippen molar-refractivity contribution in [1.82, 2.24) is 9.97 Å². The molecule has 2 aromatic heterocycles. The highest BCUT2D eigenvalue weighted by molar-refractivity contribution is 7.13. The van der Waals surface area contributed by atoms with Crippen LogP contribution in [0.5, 0.6) is 0 Å². The van der Waals surface area contributed by atoms with Gasteiger partial charge in [-0.2, -0.15) is 0 Å². The maximum absolute atomic E-state index is 11.5. The molecule has 2 rings (SSSR count). The summed E-state index contributed by atoms with van der Waals surface area (Å²) in [7, 11) is 0. The molecule has 4 nitrogen and oxygen atoms in total. The van der Waals surface area contributed by atoms with E-state index in [9.17, 15) is 4.79 Å². The number of aromatic nitrogens is 2. The highest BCUT2D eigenvalue weighted by atomic mass is 32.1. The van der Waals surface area contributed by atoms with Crippen molar-refractivity contribution in [2.75, 3.05) is 6.54 Å². The summed E-state index contributed by atoms with van der Waals surface area (Å²) in [6, 6.07) is 5.40. The van der Waals surface area contributed by atoms with Gasteiger partial charge in [-0.15, -0.1) is 11.3 Å². The zero-order valence-electron chi connectivity index (χ0n) is 8.93. The molecule has 3 N–H and O–H groups in total. The fourth-order valence-corrected chi connectivity index (χ4v) is 2.06. The minimum absolute atomic E-state index is 0.0626. The van der Waals surface area contributed by atoms with Gasteiger partial charge in [-0.25, -0.2) is 4.98 Å². The largest absolute Gasteiger partial charge is 0.330 e. The minimum Gasteiger partial charge on any atom is -0.330 e. The van der Waals surface area contributed by atoms with Crippen molar-refractivity contribution in [2.24, 2.45) is 5.73 Å². The van der Waals surface area contributed by atoms with Crippen molar-refractivity contribution in [3.05, 3.63) is 39.8 Å². The van der Waals surface area contributed by atoms with E-state index in [1.54, 1.807) is 11.3 Å². The Hall–Kier alpha value is -1.46. The normalized spacial score (nSPS) is 12.6. The van der Waals surface area contributed by atoms with Gasteiger partial charge >= 0.3 is 0 Å². The Bertz CT molecular complexity index is 518. The number of hydrogen-bond acceptors (Lipinski definition) is 4. The van der Waals surface area contributed by atoms with E-state index in [1.165, 1.54) is 6.07 Å². The van der Waals surface area contributed by atoms with Gasteiger partial charge in [-0.1, -0.05) is 13.0 Å². The molecule has 0 spiro atoms. The van der Waals surface area contributed by atoms with Gasteiger partial charge in [0.1, 0.15) is 5.82 Å². The maximum Gasteiger partial charge on any atom is 0.251 e. The molecule has 0 saturated heterocycles. The van der Waals surface area contributed by atoms with E-state index >= 15 is 0 Å². The molecule has 2 aromatic rings. The lowest BCUT2D eigenvalue weighted by molar-refractivity contribution is 0.708. The van der Waals surface area contributed by atoms with Gasteiger partial charge in [0.15, 0.2) is 0 Å². The van der Waals surface area contributed by atoms with Gasteiger partial charge in [0.2, 0.25) is 0 Å². The van der Waals surface area contributed by atoms with Crippen molar-refractivity contribution < 1.29 is 0 Å². The van der Waals surface area contributed by atoms with Gasteiger partial charge in [0.05, 0.1) is 10.6 Å². The second kappa shape index (κ2) is 4.59. The summed E-state index contributed by atoms with van der Waals surface area (Å²) < 4.78 is 0. The molecule has 0 saturated carbocycles. The van der Waals surface area contributed by atoms with Crippen molar-refractivity contribution in [2.45, 2.75) is 12.8 Å². The maximum atomic E-state index is 11.5. The quantitative estimate of drug-likeness (QED) is 0.848. The van der Waals surface area contributed by atoms with Crippen LogP contribution in [0.1, 0.15) is 18.7 Å². The Morgan fingerprint density at radius 1 is 1.62 bits per heavy atom. The average molecular weight is 235 g/mol. The molecule has 0 aliphatic rings. The summed E-state index contributed by atoms with van der Waals surface area (Å²) in [5, 5.41) is 1.96. The van der Waals surface area contributed by atoms with E-state index < -0.39 is 0 Å². The van der Waals surface area contributed by atoms with Gasteiger partial charge in [-0.3, -0.25) is 4.79 Å². The van der Waals surface area contributed by atoms with Crippen molar-refractivity contribution in [1.29, 1.82) is 0 Å². The minimum atomic E-state index is -0.131. The lowest BCUT2D eigenvalue weighted by atomic mass is 10.1. The van der Waals surface area contributed by atoms with Gasteiger partial charge < -0.3 is 10.7 Å². The second-order valence-corrected chi connectivity index (χ2v) is 4.58. The molecule has 1 unspecified atom stereocenters. The first kappa shape index (κ1) is 11.0. The van der Waals surface area contributed by atoms with Crippen molar-refractivity contribution in [3.8, 4) is 10.6 Å². The molecule has 0 aliphatic carbocycles. The van der Waals surface area contributed by atoms with Crippen LogP contribution in [0.3, 0.4) is 0 Å². The molecule has 5 heteroatoms. The Balaban J connectivity index is 2.48. The highest BCUT2D eigenvalue weighted by Gasteiger charge is 2.09. The molecule has 0 aromatic carbocycles. The predicted molar refractivity (Wildman–Crippen MR) is 65.6 cm³/mol. The zero-order valence-corrected chi connectivity index (χ0v) is 9.75. The van der Waals surface area contributed by atoms with Crippen LogP contribution in [0.4, 0.5) is 0 Å². The van der Waals surface area contributed by atoms with E-state index in [1.807, 2.05) is 24.4 Å². The number of rotatable bonds is 3. The van der Waals surface area contributed by atoms with E-state index in [2.05, 4.69) is 9.97 Å². The average Bonchev–Trinajstić information content (AvgIpc) is 2.80. The van der Waals surface area contributed by atoms with Crippen molar-refractivity contribution in [3.63, 3.8) is 0 Å². The monoisotopic (exact) mass is 235 g/mol. The number of thiophene rings is 1. The molecule has 0 bridgehead atoms. The first-order valence-corrected chi connectivity index (χ1v) is 5.94. The first-order chi connectivity index (χ1) is 7.70. The molecule has 84 valence electrons. The fourth-order valence-electron chi connectivity index (χ4n) is 1.37. The molecular formula is C11H13N3OS. The lowest BCUT2D eigenvalue weighted by Crippen LogP contribution is -2.17. The molecule has 2 heterocycles. The Labute approximate surface area is 97.2 Å². The molecular weight excluding hydrogens is 222 g/mol. The van der Waals surface area contributed by atoms with Crippen LogP contribution in [0.25, 0.3) is 10.6 Å². The van der Waals surface area contributed by atoms with Crippen LogP contribution in [-0.2, 0) is 0 Å². The van der Waals surface area contributed by atoms with E-state index in [0.717, 1.165) is 4.88 Å². The smallest absolute Gasteiger partial charge is 0.251 e. The molecule has 0 amide bonds. The van der Waals surface area contributed by atoms with Crippen LogP contribution in [0.2, 0.25) is 0 Å². The van der Waals surface area contributed by atoms with Crippen LogP contribution in [0.15, 0.2) is 28.4 Å². The lowest BCUT2D eigenvalue weighted by Gasteiger charge is -2.08. The third kappa shape index (κ3) is 2.20. The Morgan fingerprint density at radius 3 is 3.06 bits per heavy atom. The van der Waals surface area contributed by atoms with E-state index in [-0.39, 0.29) is 11.5 Å². The van der Waals surface area contributed by atoms with Gasteiger partial charge in [-0.05, 0) is 11.4 Å². The van der Waals surface area contributed by atoms with E-state index in [0.29, 0.717) is 18.1 Å². The highest BCUT2D eigenvalue weighted by Crippen LogP contribution is 2.22. The summed E-state index contributed by atoms with van der Waals surface area (Å²) >= 11 is 1.57. The number of nitrogens with one attached hydrogen (secondary N) is 1. The number of aromatic amines is 1. The summed E-state index contributed by atoms with van der Waals surface area (Å²) in [6.07, 6.45) is 0. The summed E-state index contributed by atoms with van der Waals surface area (Å²) in [6.45, 7) is 2.41. The number of hydrogen-bond donors (Lipinski definition) is 2. The third-order valence-corrected chi connectivity index (χ3v) is 3.25. The molecule has 0 aliphatic heterocycles. The second-order valence-electron chi connectivity index (χ2n) is 3.63. The predicted octanol–water partition coefficient (Wildman–Crippen LogP) is 1.56. The zero-order chi connectivity index (χ0) is 11.5. The van der Waals surface area contributed by atoms with E-state index in [4.69, 9.17) is 5.73 Å².